The number of nitrogens with one attached hydrogen (secondary N) is 1. The zero-order valence-corrected chi connectivity index (χ0v) is 13.8. The Morgan fingerprint density at radius 1 is 1.30 bits per heavy atom. The van der Waals surface area contributed by atoms with Crippen LogP contribution in [-0.2, 0) is 4.79 Å². The fourth-order valence-corrected chi connectivity index (χ4v) is 2.71. The maximum Gasteiger partial charge on any atom is 0.241 e. The molecule has 20 heavy (non-hydrogen) atoms. The molecule has 1 aromatic rings. The van der Waals surface area contributed by atoms with Gasteiger partial charge in [0.25, 0.3) is 0 Å². The van der Waals surface area contributed by atoms with Crippen LogP contribution in [0.1, 0.15) is 38.1 Å². The molecule has 1 aromatic carbocycles. The fraction of sp³-hybridized carbons (Fsp3) is 0.562. The molecule has 0 radical (unpaired) electrons. The van der Waals surface area contributed by atoms with Gasteiger partial charge < -0.3 is 4.90 Å². The van der Waals surface area contributed by atoms with Crippen molar-refractivity contribution in [2.75, 3.05) is 12.8 Å². The van der Waals surface area contributed by atoms with Crippen LogP contribution in [-0.4, -0.2) is 34.4 Å². The van der Waals surface area contributed by atoms with E-state index in [9.17, 15) is 4.79 Å². The molecule has 1 saturated heterocycles. The highest BCUT2D eigenvalue weighted by molar-refractivity contribution is 7.99. The van der Waals surface area contributed by atoms with Gasteiger partial charge in [0.05, 0.1) is 6.04 Å². The molecule has 0 bridgehead atoms. The predicted octanol–water partition coefficient (Wildman–Crippen LogP) is 2.96. The Hall–Kier alpha value is -1.00. The molecule has 2 unspecified atom stereocenters. The van der Waals surface area contributed by atoms with E-state index in [2.05, 4.69) is 56.6 Å². The summed E-state index contributed by atoms with van der Waals surface area (Å²) < 4.78 is 0.0599. The molecule has 110 valence electrons. The maximum atomic E-state index is 12.4. The molecule has 0 aliphatic carbocycles. The van der Waals surface area contributed by atoms with E-state index in [4.69, 9.17) is 0 Å². The van der Waals surface area contributed by atoms with Crippen molar-refractivity contribution in [1.29, 1.82) is 0 Å². The SMILES string of the molecule is CSC(C)(C)CN1C(=O)C(C)NC1c1ccc(C)cc1. The van der Waals surface area contributed by atoms with Crippen molar-refractivity contribution in [3.05, 3.63) is 35.4 Å². The highest BCUT2D eigenvalue weighted by Crippen LogP contribution is 2.31. The van der Waals surface area contributed by atoms with E-state index >= 15 is 0 Å². The third-order valence-electron chi connectivity index (χ3n) is 3.87. The van der Waals surface area contributed by atoms with Crippen LogP contribution in [0.3, 0.4) is 0 Å². The Labute approximate surface area is 126 Å². The highest BCUT2D eigenvalue weighted by atomic mass is 32.2. The first-order valence-corrected chi connectivity index (χ1v) is 8.25. The number of carbonyl (C=O) groups excluding carboxylic acids is 1. The van der Waals surface area contributed by atoms with E-state index < -0.39 is 0 Å². The summed E-state index contributed by atoms with van der Waals surface area (Å²) in [7, 11) is 0. The molecular formula is C16H24N2OS. The molecular weight excluding hydrogens is 268 g/mol. The first-order valence-electron chi connectivity index (χ1n) is 7.02. The van der Waals surface area contributed by atoms with Crippen molar-refractivity contribution in [3.63, 3.8) is 0 Å². The Kier molecular flexibility index (Phi) is 4.45. The lowest BCUT2D eigenvalue weighted by Gasteiger charge is -2.32. The van der Waals surface area contributed by atoms with Gasteiger partial charge in [-0.15, -0.1) is 0 Å². The topological polar surface area (TPSA) is 32.3 Å². The summed E-state index contributed by atoms with van der Waals surface area (Å²) in [6.07, 6.45) is 2.09. The summed E-state index contributed by atoms with van der Waals surface area (Å²) in [6.45, 7) is 9.13. The summed E-state index contributed by atoms with van der Waals surface area (Å²) in [5, 5.41) is 3.40. The van der Waals surface area contributed by atoms with E-state index in [0.29, 0.717) is 0 Å². The molecule has 1 aliphatic heterocycles. The molecule has 3 nitrogen and oxygen atoms in total. The Morgan fingerprint density at radius 2 is 1.90 bits per heavy atom. The molecule has 2 atom stereocenters. The summed E-state index contributed by atoms with van der Waals surface area (Å²) in [5.74, 6) is 0.192. The smallest absolute Gasteiger partial charge is 0.241 e. The first-order chi connectivity index (χ1) is 9.34. The largest absolute Gasteiger partial charge is 0.320 e. The minimum Gasteiger partial charge on any atom is -0.320 e. The van der Waals surface area contributed by atoms with Crippen LogP contribution in [0, 0.1) is 6.92 Å². The van der Waals surface area contributed by atoms with Crippen LogP contribution in [0.2, 0.25) is 0 Å². The normalized spacial score (nSPS) is 23.4. The minimum atomic E-state index is -0.112. The number of aryl methyl sites for hydroxylation is 1. The summed E-state index contributed by atoms with van der Waals surface area (Å²) in [6, 6.07) is 8.30. The molecule has 1 aliphatic rings. The van der Waals surface area contributed by atoms with E-state index in [1.165, 1.54) is 5.56 Å². The van der Waals surface area contributed by atoms with Crippen molar-refractivity contribution in [3.8, 4) is 0 Å². The summed E-state index contributed by atoms with van der Waals surface area (Å²) in [5.41, 5.74) is 2.40. The van der Waals surface area contributed by atoms with Crippen molar-refractivity contribution >= 4 is 17.7 Å². The minimum absolute atomic E-state index is 0.00970. The summed E-state index contributed by atoms with van der Waals surface area (Å²) in [4.78, 5) is 14.4. The van der Waals surface area contributed by atoms with E-state index in [1.54, 1.807) is 11.8 Å². The van der Waals surface area contributed by atoms with Gasteiger partial charge in [-0.1, -0.05) is 29.8 Å². The van der Waals surface area contributed by atoms with Gasteiger partial charge in [0.1, 0.15) is 6.17 Å². The van der Waals surface area contributed by atoms with Gasteiger partial charge in [-0.05, 0) is 39.5 Å². The van der Waals surface area contributed by atoms with Crippen molar-refractivity contribution in [2.24, 2.45) is 0 Å². The molecule has 1 N–H and O–H groups in total. The van der Waals surface area contributed by atoms with Crippen LogP contribution in [0.5, 0.6) is 0 Å². The number of hydrogen-bond donors (Lipinski definition) is 1. The number of thioether (sulfide) groups is 1. The standard InChI is InChI=1S/C16H24N2OS/c1-11-6-8-13(9-7-11)14-17-12(2)15(19)18(14)10-16(3,4)20-5/h6-9,12,14,17H,10H2,1-5H3. The number of carbonyl (C=O) groups is 1. The highest BCUT2D eigenvalue weighted by Gasteiger charge is 2.39. The van der Waals surface area contributed by atoms with Gasteiger partial charge in [-0.2, -0.15) is 11.8 Å². The Balaban J connectivity index is 2.26. The third-order valence-corrected chi connectivity index (χ3v) is 5.10. The van der Waals surface area contributed by atoms with Gasteiger partial charge >= 0.3 is 0 Å². The second kappa shape index (κ2) is 5.78. The first kappa shape index (κ1) is 15.4. The van der Waals surface area contributed by atoms with Gasteiger partial charge in [0.15, 0.2) is 0 Å². The second-order valence-corrected chi connectivity index (χ2v) is 7.64. The number of hydrogen-bond acceptors (Lipinski definition) is 3. The van der Waals surface area contributed by atoms with Crippen LogP contribution >= 0.6 is 11.8 Å². The lowest BCUT2D eigenvalue weighted by Crippen LogP contribution is -2.40. The van der Waals surface area contributed by atoms with E-state index in [0.717, 1.165) is 12.1 Å². The Morgan fingerprint density at radius 3 is 2.45 bits per heavy atom. The van der Waals surface area contributed by atoms with Crippen LogP contribution in [0.15, 0.2) is 24.3 Å². The number of benzene rings is 1. The number of rotatable bonds is 4. The van der Waals surface area contributed by atoms with Crippen LogP contribution in [0.4, 0.5) is 0 Å². The lowest BCUT2D eigenvalue weighted by molar-refractivity contribution is -0.130. The average Bonchev–Trinajstić information content (AvgIpc) is 2.68. The van der Waals surface area contributed by atoms with Gasteiger partial charge in [0.2, 0.25) is 5.91 Å². The average molecular weight is 292 g/mol. The van der Waals surface area contributed by atoms with Crippen molar-refractivity contribution in [2.45, 2.75) is 44.6 Å². The van der Waals surface area contributed by atoms with Crippen LogP contribution in [0.25, 0.3) is 0 Å². The number of amides is 1. The molecule has 0 spiro atoms. The zero-order valence-electron chi connectivity index (χ0n) is 12.9. The third kappa shape index (κ3) is 3.18. The van der Waals surface area contributed by atoms with Gasteiger partial charge in [0, 0.05) is 11.3 Å². The molecule has 0 saturated carbocycles. The molecule has 1 fully saturated rings. The summed E-state index contributed by atoms with van der Waals surface area (Å²) >= 11 is 1.80. The molecule has 4 heteroatoms. The second-order valence-electron chi connectivity index (χ2n) is 6.13. The van der Waals surface area contributed by atoms with E-state index in [1.807, 2.05) is 11.8 Å². The maximum absolute atomic E-state index is 12.4. The van der Waals surface area contributed by atoms with Crippen LogP contribution < -0.4 is 5.32 Å². The van der Waals surface area contributed by atoms with E-state index in [-0.39, 0.29) is 22.9 Å². The predicted molar refractivity (Wildman–Crippen MR) is 85.8 cm³/mol. The Bertz CT molecular complexity index is 484. The fourth-order valence-electron chi connectivity index (χ4n) is 2.44. The number of nitrogens with zero attached hydrogens (tertiary/aromatic N) is 1. The molecule has 0 aromatic heterocycles. The quantitative estimate of drug-likeness (QED) is 0.926. The van der Waals surface area contributed by atoms with Crippen molar-refractivity contribution < 1.29 is 4.79 Å². The zero-order chi connectivity index (χ0) is 14.9. The van der Waals surface area contributed by atoms with Gasteiger partial charge in [-0.3, -0.25) is 10.1 Å². The molecule has 1 heterocycles. The van der Waals surface area contributed by atoms with Gasteiger partial charge in [-0.25, -0.2) is 0 Å². The van der Waals surface area contributed by atoms with Crippen molar-refractivity contribution in [1.82, 2.24) is 10.2 Å². The monoisotopic (exact) mass is 292 g/mol. The molecule has 1 amide bonds. The lowest BCUT2D eigenvalue weighted by atomic mass is 10.1. The molecule has 2 rings (SSSR count).